The fourth-order valence-electron chi connectivity index (χ4n) is 3.27. The molecule has 0 aliphatic carbocycles. The van der Waals surface area contributed by atoms with Crippen molar-refractivity contribution in [3.8, 4) is 0 Å². The number of ether oxygens (including phenoxy) is 3. The molecule has 31 heavy (non-hydrogen) atoms. The molecular formula is C27H30O4. The lowest BCUT2D eigenvalue weighted by Crippen LogP contribution is -2.43. The van der Waals surface area contributed by atoms with Crippen LogP contribution < -0.4 is 0 Å². The molecule has 4 nitrogen and oxygen atoms in total. The van der Waals surface area contributed by atoms with Gasteiger partial charge in [-0.2, -0.15) is 0 Å². The molecule has 3 aromatic carbocycles. The van der Waals surface area contributed by atoms with E-state index >= 15 is 0 Å². The van der Waals surface area contributed by atoms with Crippen LogP contribution in [0.5, 0.6) is 0 Å². The van der Waals surface area contributed by atoms with Crippen LogP contribution in [0, 0.1) is 0 Å². The Morgan fingerprint density at radius 2 is 1.06 bits per heavy atom. The lowest BCUT2D eigenvalue weighted by Gasteiger charge is -2.31. The van der Waals surface area contributed by atoms with Crippen molar-refractivity contribution in [2.24, 2.45) is 0 Å². The first-order valence-electron chi connectivity index (χ1n) is 10.5. The number of benzene rings is 3. The van der Waals surface area contributed by atoms with Gasteiger partial charge in [-0.3, -0.25) is 0 Å². The van der Waals surface area contributed by atoms with E-state index in [0.29, 0.717) is 19.8 Å². The fraction of sp³-hybridized carbons (Fsp3) is 0.259. The van der Waals surface area contributed by atoms with Crippen LogP contribution in [-0.2, 0) is 34.0 Å². The van der Waals surface area contributed by atoms with Gasteiger partial charge in [0.05, 0.1) is 26.4 Å². The molecule has 3 atom stereocenters. The second kappa shape index (κ2) is 12.8. The molecule has 4 heteroatoms. The van der Waals surface area contributed by atoms with Gasteiger partial charge in [-0.05, 0) is 16.7 Å². The lowest BCUT2D eigenvalue weighted by molar-refractivity contribution is -0.149. The van der Waals surface area contributed by atoms with Crippen molar-refractivity contribution in [3.63, 3.8) is 0 Å². The summed E-state index contributed by atoms with van der Waals surface area (Å²) in [5.74, 6) is 0. The minimum absolute atomic E-state index is 0.189. The van der Waals surface area contributed by atoms with Gasteiger partial charge < -0.3 is 19.3 Å². The Bertz CT molecular complexity index is 868. The minimum atomic E-state index is -0.567. The number of aliphatic hydroxyl groups is 1. The maximum absolute atomic E-state index is 10.1. The third kappa shape index (κ3) is 7.46. The average molecular weight is 419 g/mol. The standard InChI is InChI=1S/C27H30O4/c1-2-25(29-19-22-12-6-3-7-13-22)27(31-21-24-16-10-5-11-17-24)26(18-28)30-20-23-14-8-4-9-15-23/h2-17,25-28H,1,18-21H2/t25-,26+,27+/m0/s1. The van der Waals surface area contributed by atoms with E-state index < -0.39 is 18.3 Å². The topological polar surface area (TPSA) is 47.9 Å². The van der Waals surface area contributed by atoms with E-state index in [2.05, 4.69) is 6.58 Å². The molecule has 3 aromatic rings. The maximum atomic E-state index is 10.1. The Morgan fingerprint density at radius 3 is 1.48 bits per heavy atom. The predicted molar refractivity (Wildman–Crippen MR) is 122 cm³/mol. The Balaban J connectivity index is 1.71. The number of hydrogen-bond acceptors (Lipinski definition) is 4. The molecule has 0 radical (unpaired) electrons. The number of aliphatic hydroxyl groups excluding tert-OH is 1. The third-order valence-corrected chi connectivity index (χ3v) is 4.98. The molecule has 0 bridgehead atoms. The summed E-state index contributed by atoms with van der Waals surface area (Å²) in [4.78, 5) is 0. The van der Waals surface area contributed by atoms with Crippen molar-refractivity contribution in [2.75, 3.05) is 6.61 Å². The maximum Gasteiger partial charge on any atom is 0.116 e. The first kappa shape index (κ1) is 22.9. The van der Waals surface area contributed by atoms with Gasteiger partial charge in [0.15, 0.2) is 0 Å². The molecule has 0 saturated carbocycles. The van der Waals surface area contributed by atoms with Gasteiger partial charge in [-0.1, -0.05) is 97.1 Å². The summed E-state index contributed by atoms with van der Waals surface area (Å²) in [6.45, 7) is 4.93. The molecule has 0 heterocycles. The molecule has 3 rings (SSSR count). The zero-order valence-electron chi connectivity index (χ0n) is 17.7. The molecule has 0 aliphatic heterocycles. The minimum Gasteiger partial charge on any atom is -0.394 e. The summed E-state index contributed by atoms with van der Waals surface area (Å²) < 4.78 is 18.4. The Kier molecular flexibility index (Phi) is 9.48. The molecule has 0 aliphatic rings. The van der Waals surface area contributed by atoms with Crippen molar-refractivity contribution in [3.05, 3.63) is 120 Å². The van der Waals surface area contributed by atoms with Crippen LogP contribution in [-0.4, -0.2) is 30.0 Å². The van der Waals surface area contributed by atoms with Crippen LogP contribution in [0.4, 0.5) is 0 Å². The highest BCUT2D eigenvalue weighted by Gasteiger charge is 2.30. The van der Waals surface area contributed by atoms with Crippen molar-refractivity contribution >= 4 is 0 Å². The van der Waals surface area contributed by atoms with Gasteiger partial charge in [0.1, 0.15) is 18.3 Å². The first-order valence-corrected chi connectivity index (χ1v) is 10.5. The van der Waals surface area contributed by atoms with Gasteiger partial charge >= 0.3 is 0 Å². The van der Waals surface area contributed by atoms with Crippen LogP contribution in [0.1, 0.15) is 16.7 Å². The third-order valence-electron chi connectivity index (χ3n) is 4.98. The smallest absolute Gasteiger partial charge is 0.116 e. The van der Waals surface area contributed by atoms with Crippen LogP contribution in [0.25, 0.3) is 0 Å². The summed E-state index contributed by atoms with van der Waals surface area (Å²) in [6.07, 6.45) is 0.183. The number of hydrogen-bond donors (Lipinski definition) is 1. The van der Waals surface area contributed by atoms with Crippen LogP contribution in [0.3, 0.4) is 0 Å². The highest BCUT2D eigenvalue weighted by atomic mass is 16.6. The summed E-state index contributed by atoms with van der Waals surface area (Å²) in [5, 5.41) is 10.1. The van der Waals surface area contributed by atoms with Crippen LogP contribution in [0.15, 0.2) is 104 Å². The highest BCUT2D eigenvalue weighted by Crippen LogP contribution is 2.19. The molecule has 0 aromatic heterocycles. The van der Waals surface area contributed by atoms with Crippen molar-refractivity contribution < 1.29 is 19.3 Å². The van der Waals surface area contributed by atoms with Gasteiger partial charge in [0.25, 0.3) is 0 Å². The second-order valence-corrected chi connectivity index (χ2v) is 7.28. The summed E-state index contributed by atoms with van der Waals surface area (Å²) in [7, 11) is 0. The van der Waals surface area contributed by atoms with Crippen molar-refractivity contribution in [2.45, 2.75) is 38.1 Å². The molecule has 0 fully saturated rings. The first-order chi connectivity index (χ1) is 15.3. The molecule has 0 amide bonds. The Hall–Kier alpha value is -2.76. The lowest BCUT2D eigenvalue weighted by atomic mass is 10.1. The normalized spacial score (nSPS) is 14.0. The van der Waals surface area contributed by atoms with Crippen LogP contribution >= 0.6 is 0 Å². The van der Waals surface area contributed by atoms with Gasteiger partial charge in [-0.25, -0.2) is 0 Å². The van der Waals surface area contributed by atoms with E-state index in [1.807, 2.05) is 91.0 Å². The second-order valence-electron chi connectivity index (χ2n) is 7.28. The molecule has 1 N–H and O–H groups in total. The SMILES string of the molecule is C=C[C@H](OCc1ccccc1)[C@@H](OCc1ccccc1)[C@@H](CO)OCc1ccccc1. The van der Waals surface area contributed by atoms with Crippen LogP contribution in [0.2, 0.25) is 0 Å². The van der Waals surface area contributed by atoms with Gasteiger partial charge in [0, 0.05) is 0 Å². The molecular weight excluding hydrogens is 388 g/mol. The number of rotatable bonds is 13. The molecule has 0 unspecified atom stereocenters. The van der Waals surface area contributed by atoms with E-state index in [1.165, 1.54) is 0 Å². The Morgan fingerprint density at radius 1 is 0.645 bits per heavy atom. The largest absolute Gasteiger partial charge is 0.394 e. The molecule has 0 saturated heterocycles. The summed E-state index contributed by atoms with van der Waals surface area (Å²) in [5.41, 5.74) is 3.13. The average Bonchev–Trinajstić information content (AvgIpc) is 2.84. The van der Waals surface area contributed by atoms with Gasteiger partial charge in [0.2, 0.25) is 0 Å². The monoisotopic (exact) mass is 418 g/mol. The van der Waals surface area contributed by atoms with E-state index in [-0.39, 0.29) is 6.61 Å². The van der Waals surface area contributed by atoms with Gasteiger partial charge in [-0.15, -0.1) is 6.58 Å². The van der Waals surface area contributed by atoms with E-state index in [0.717, 1.165) is 16.7 Å². The zero-order chi connectivity index (χ0) is 21.7. The van der Waals surface area contributed by atoms with E-state index in [4.69, 9.17) is 14.2 Å². The summed E-state index contributed by atoms with van der Waals surface area (Å²) >= 11 is 0. The Labute approximate surface area is 184 Å². The highest BCUT2D eigenvalue weighted by molar-refractivity contribution is 5.15. The molecule has 162 valence electrons. The molecule has 0 spiro atoms. The van der Waals surface area contributed by atoms with E-state index in [9.17, 15) is 5.11 Å². The zero-order valence-corrected chi connectivity index (χ0v) is 17.7. The quantitative estimate of drug-likeness (QED) is 0.400. The van der Waals surface area contributed by atoms with Crippen molar-refractivity contribution in [1.29, 1.82) is 0 Å². The van der Waals surface area contributed by atoms with E-state index in [1.54, 1.807) is 6.08 Å². The van der Waals surface area contributed by atoms with Crippen molar-refractivity contribution in [1.82, 2.24) is 0 Å². The predicted octanol–water partition coefficient (Wildman–Crippen LogP) is 4.92. The fourth-order valence-corrected chi connectivity index (χ4v) is 3.27. The summed E-state index contributed by atoms with van der Waals surface area (Å²) in [6, 6.07) is 29.7.